The summed E-state index contributed by atoms with van der Waals surface area (Å²) in [5.74, 6) is 0.931. The number of hydrogen-bond donors (Lipinski definition) is 1. The van der Waals surface area contributed by atoms with Crippen molar-refractivity contribution in [2.75, 3.05) is 19.4 Å². The first kappa shape index (κ1) is 16.3. The van der Waals surface area contributed by atoms with Crippen LogP contribution in [-0.2, 0) is 0 Å². The van der Waals surface area contributed by atoms with Crippen molar-refractivity contribution in [1.29, 1.82) is 0 Å². The van der Waals surface area contributed by atoms with Crippen LogP contribution in [0.4, 0.5) is 4.39 Å². The van der Waals surface area contributed by atoms with Gasteiger partial charge in [0.05, 0.1) is 7.11 Å². The zero-order chi connectivity index (χ0) is 14.3. The van der Waals surface area contributed by atoms with E-state index in [0.717, 1.165) is 18.7 Å². The highest BCUT2D eigenvalue weighted by molar-refractivity contribution is 7.99. The molecule has 1 unspecified atom stereocenters. The van der Waals surface area contributed by atoms with Gasteiger partial charge in [0.2, 0.25) is 0 Å². The smallest absolute Gasteiger partial charge is 0.169 e. The summed E-state index contributed by atoms with van der Waals surface area (Å²) in [7, 11) is 1.50. The van der Waals surface area contributed by atoms with Gasteiger partial charge < -0.3 is 10.1 Å². The lowest BCUT2D eigenvalue weighted by Crippen LogP contribution is -2.25. The number of methoxy groups -OCH3 is 1. The summed E-state index contributed by atoms with van der Waals surface area (Å²) in [6, 6.07) is 5.37. The van der Waals surface area contributed by atoms with Gasteiger partial charge in [-0.1, -0.05) is 32.9 Å². The Morgan fingerprint density at radius 1 is 1.37 bits per heavy atom. The molecular weight excluding hydrogens is 261 g/mol. The average Bonchev–Trinajstić information content (AvgIpc) is 2.39. The van der Waals surface area contributed by atoms with Crippen molar-refractivity contribution in [1.82, 2.24) is 5.32 Å². The third kappa shape index (κ3) is 5.03. The van der Waals surface area contributed by atoms with Gasteiger partial charge in [-0.05, 0) is 24.3 Å². The first-order chi connectivity index (χ1) is 9.10. The Kier molecular flexibility index (Phi) is 7.24. The van der Waals surface area contributed by atoms with Crippen molar-refractivity contribution in [2.45, 2.75) is 38.5 Å². The van der Waals surface area contributed by atoms with Gasteiger partial charge in [0, 0.05) is 17.4 Å². The van der Waals surface area contributed by atoms with E-state index in [0.29, 0.717) is 16.6 Å². The van der Waals surface area contributed by atoms with E-state index >= 15 is 0 Å². The van der Waals surface area contributed by atoms with Crippen LogP contribution in [0, 0.1) is 5.82 Å². The molecule has 1 aromatic carbocycles. The lowest BCUT2D eigenvalue weighted by molar-refractivity contribution is 0.381. The fourth-order valence-corrected chi connectivity index (χ4v) is 2.70. The fraction of sp³-hybridized carbons (Fsp3) is 0.600. The molecule has 0 amide bonds. The molecule has 1 atom stereocenters. The van der Waals surface area contributed by atoms with Gasteiger partial charge in [0.15, 0.2) is 11.6 Å². The molecule has 0 aromatic heterocycles. The van der Waals surface area contributed by atoms with E-state index in [-0.39, 0.29) is 11.9 Å². The Morgan fingerprint density at radius 3 is 2.68 bits per heavy atom. The molecule has 108 valence electrons. The summed E-state index contributed by atoms with van der Waals surface area (Å²) < 4.78 is 19.4. The summed E-state index contributed by atoms with van der Waals surface area (Å²) in [5, 5.41) is 3.96. The molecule has 0 spiro atoms. The van der Waals surface area contributed by atoms with Crippen LogP contribution in [0.1, 0.15) is 38.8 Å². The van der Waals surface area contributed by atoms with E-state index in [9.17, 15) is 4.39 Å². The SMILES string of the molecule is CCCNC(CSC(C)C)c1cccc(OC)c1F. The van der Waals surface area contributed by atoms with Crippen molar-refractivity contribution >= 4 is 11.8 Å². The first-order valence-electron chi connectivity index (χ1n) is 6.77. The maximum Gasteiger partial charge on any atom is 0.169 e. The zero-order valence-electron chi connectivity index (χ0n) is 12.2. The molecule has 0 aliphatic heterocycles. The summed E-state index contributed by atoms with van der Waals surface area (Å²) in [4.78, 5) is 0. The monoisotopic (exact) mass is 285 g/mol. The normalized spacial score (nSPS) is 12.7. The third-order valence-electron chi connectivity index (χ3n) is 2.83. The number of benzene rings is 1. The number of thioether (sulfide) groups is 1. The highest BCUT2D eigenvalue weighted by Crippen LogP contribution is 2.28. The van der Waals surface area contributed by atoms with Crippen LogP contribution < -0.4 is 10.1 Å². The van der Waals surface area contributed by atoms with Crippen molar-refractivity contribution in [3.05, 3.63) is 29.6 Å². The van der Waals surface area contributed by atoms with E-state index in [1.165, 1.54) is 7.11 Å². The van der Waals surface area contributed by atoms with Gasteiger partial charge in [-0.3, -0.25) is 0 Å². The minimum atomic E-state index is -0.247. The quantitative estimate of drug-likeness (QED) is 0.779. The molecule has 0 aliphatic rings. The summed E-state index contributed by atoms with van der Waals surface area (Å²) in [6.45, 7) is 7.31. The highest BCUT2D eigenvalue weighted by Gasteiger charge is 2.18. The first-order valence-corrected chi connectivity index (χ1v) is 7.82. The topological polar surface area (TPSA) is 21.3 Å². The second kappa shape index (κ2) is 8.43. The molecule has 19 heavy (non-hydrogen) atoms. The number of halogens is 1. The average molecular weight is 285 g/mol. The minimum absolute atomic E-state index is 0.0300. The Balaban J connectivity index is 2.89. The van der Waals surface area contributed by atoms with E-state index in [2.05, 4.69) is 26.1 Å². The Labute approximate surface area is 120 Å². The molecule has 0 fully saturated rings. The minimum Gasteiger partial charge on any atom is -0.494 e. The van der Waals surface area contributed by atoms with Crippen LogP contribution in [0.25, 0.3) is 0 Å². The van der Waals surface area contributed by atoms with Crippen molar-refractivity contribution in [2.24, 2.45) is 0 Å². The van der Waals surface area contributed by atoms with Crippen LogP contribution in [0.15, 0.2) is 18.2 Å². The standard InChI is InChI=1S/C15H24FNOS/c1-5-9-17-13(10-19-11(2)3)12-7-6-8-14(18-4)15(12)16/h6-8,11,13,17H,5,9-10H2,1-4H3. The molecule has 0 radical (unpaired) electrons. The predicted octanol–water partition coefficient (Wildman–Crippen LogP) is 4.02. The lowest BCUT2D eigenvalue weighted by atomic mass is 10.1. The zero-order valence-corrected chi connectivity index (χ0v) is 13.0. The van der Waals surface area contributed by atoms with E-state index in [1.54, 1.807) is 6.07 Å². The molecule has 0 saturated carbocycles. The third-order valence-corrected chi connectivity index (χ3v) is 4.02. The number of ether oxygens (including phenoxy) is 1. The molecule has 1 rings (SSSR count). The van der Waals surface area contributed by atoms with Crippen LogP contribution in [0.3, 0.4) is 0 Å². The van der Waals surface area contributed by atoms with Crippen LogP contribution in [0.2, 0.25) is 0 Å². The van der Waals surface area contributed by atoms with E-state index in [1.807, 2.05) is 23.9 Å². The summed E-state index contributed by atoms with van der Waals surface area (Å²) in [5.41, 5.74) is 0.695. The number of hydrogen-bond acceptors (Lipinski definition) is 3. The van der Waals surface area contributed by atoms with Crippen molar-refractivity contribution < 1.29 is 9.13 Å². The molecule has 0 heterocycles. The number of rotatable bonds is 8. The molecule has 0 aliphatic carbocycles. The van der Waals surface area contributed by atoms with Gasteiger partial charge in [-0.2, -0.15) is 11.8 Å². The maximum absolute atomic E-state index is 14.3. The van der Waals surface area contributed by atoms with Crippen molar-refractivity contribution in [3.8, 4) is 5.75 Å². The van der Waals surface area contributed by atoms with Gasteiger partial charge in [-0.15, -0.1) is 0 Å². The molecule has 0 bridgehead atoms. The number of nitrogens with one attached hydrogen (secondary N) is 1. The summed E-state index contributed by atoms with van der Waals surface area (Å²) >= 11 is 1.84. The van der Waals surface area contributed by atoms with E-state index < -0.39 is 0 Å². The molecule has 1 aromatic rings. The van der Waals surface area contributed by atoms with E-state index in [4.69, 9.17) is 4.74 Å². The fourth-order valence-electron chi connectivity index (χ4n) is 1.82. The Hall–Kier alpha value is -0.740. The largest absolute Gasteiger partial charge is 0.494 e. The van der Waals surface area contributed by atoms with Crippen LogP contribution >= 0.6 is 11.8 Å². The molecule has 0 saturated heterocycles. The lowest BCUT2D eigenvalue weighted by Gasteiger charge is -2.21. The second-order valence-corrected chi connectivity index (χ2v) is 6.36. The van der Waals surface area contributed by atoms with Crippen LogP contribution in [-0.4, -0.2) is 24.7 Å². The van der Waals surface area contributed by atoms with Crippen LogP contribution in [0.5, 0.6) is 5.75 Å². The molecule has 1 N–H and O–H groups in total. The highest BCUT2D eigenvalue weighted by atomic mass is 32.2. The predicted molar refractivity (Wildman–Crippen MR) is 81.6 cm³/mol. The maximum atomic E-state index is 14.3. The molecule has 2 nitrogen and oxygen atoms in total. The second-order valence-electron chi connectivity index (χ2n) is 4.75. The summed E-state index contributed by atoms with van der Waals surface area (Å²) in [6.07, 6.45) is 1.04. The van der Waals surface area contributed by atoms with Gasteiger partial charge >= 0.3 is 0 Å². The van der Waals surface area contributed by atoms with Gasteiger partial charge in [0.25, 0.3) is 0 Å². The Bertz CT molecular complexity index is 384. The molecule has 4 heteroatoms. The Morgan fingerprint density at radius 2 is 2.11 bits per heavy atom. The van der Waals surface area contributed by atoms with Gasteiger partial charge in [0.1, 0.15) is 0 Å². The molecular formula is C15H24FNOS. The van der Waals surface area contributed by atoms with Gasteiger partial charge in [-0.25, -0.2) is 4.39 Å². The van der Waals surface area contributed by atoms with Crippen molar-refractivity contribution in [3.63, 3.8) is 0 Å².